The van der Waals surface area contributed by atoms with Crippen LogP contribution >= 0.6 is 45.3 Å². The summed E-state index contributed by atoms with van der Waals surface area (Å²) in [5.41, 5.74) is 15.4. The van der Waals surface area contributed by atoms with Gasteiger partial charge in [0.05, 0.1) is 43.9 Å². The van der Waals surface area contributed by atoms with Crippen LogP contribution in [0.1, 0.15) is 67.7 Å². The molecule has 0 radical (unpaired) electrons. The zero-order valence-corrected chi connectivity index (χ0v) is 53.0. The molecule has 0 spiro atoms. The van der Waals surface area contributed by atoms with Crippen LogP contribution < -0.4 is 9.80 Å². The first kappa shape index (κ1) is 54.5. The zero-order chi connectivity index (χ0) is 59.3. The Morgan fingerprint density at radius 2 is 0.886 bits per heavy atom. The summed E-state index contributed by atoms with van der Waals surface area (Å²) in [6.07, 6.45) is 4.13. The Kier molecular flexibility index (Phi) is 13.6. The third-order valence-electron chi connectivity index (χ3n) is 18.3. The predicted molar refractivity (Wildman–Crippen MR) is 388 cm³/mol. The number of allylic oxidation sites excluding steroid dienone is 2. The van der Waals surface area contributed by atoms with Crippen molar-refractivity contribution in [1.82, 2.24) is 0 Å². The number of fused-ring (bicyclic) bond motifs is 6. The number of nitrogens with zero attached hydrogens (tertiary/aromatic N) is 2. The fourth-order valence-corrected chi connectivity index (χ4v) is 17.5. The number of benzene rings is 13. The monoisotopic (exact) mass is 1280 g/mol. The van der Waals surface area contributed by atoms with Crippen molar-refractivity contribution in [2.24, 2.45) is 0 Å². The number of hydrogen-bond donors (Lipinski definition) is 0. The molecular formula is C82H60FIN2S2. The van der Waals surface area contributed by atoms with Crippen molar-refractivity contribution >= 4 is 152 Å². The van der Waals surface area contributed by atoms with E-state index in [0.717, 1.165) is 75.3 Å². The summed E-state index contributed by atoms with van der Waals surface area (Å²) in [6, 6.07) is 92.3. The molecule has 2 aromatic heterocycles. The normalized spacial score (nSPS) is 14.6. The van der Waals surface area contributed by atoms with E-state index in [2.05, 4.69) is 303 Å². The topological polar surface area (TPSA) is 6.48 Å². The Hall–Kier alpha value is -8.92. The van der Waals surface area contributed by atoms with Gasteiger partial charge < -0.3 is 9.80 Å². The highest BCUT2D eigenvalue weighted by molar-refractivity contribution is 14.1. The van der Waals surface area contributed by atoms with E-state index in [-0.39, 0.29) is 23.6 Å². The zero-order valence-electron chi connectivity index (χ0n) is 49.2. The standard InChI is InChI=1S/C82H60FIN2S2/c1-49(2)65-47-73(85(71-35-21-33-61-57-31-17-19-37-75(57)87-81(61)71)79-67(53-27-13-7-14-28-53)43-55(45-69(79)83)51-23-9-5-10-24-51)63-41-39-60-66(50(3)4)48-74(64-42-40-59(65)77(63)78(60)64)86(72-36-22-34-62-58-32-18-20-38-76(58)88-82(62)72)80-68(54-29-15-8-16-30-54)44-56(46-70(80)84)52-25-11-6-12-26-52/h5-50,67,79H,1-4H3. The first-order chi connectivity index (χ1) is 43.2. The molecule has 0 saturated carbocycles. The third-order valence-corrected chi connectivity index (χ3v) is 21.5. The fraction of sp³-hybridized carbons (Fsp3) is 0.0976. The average molecular weight is 1280 g/mol. The molecule has 2 nitrogen and oxygen atoms in total. The van der Waals surface area contributed by atoms with Gasteiger partial charge >= 0.3 is 0 Å². The molecule has 2 atom stereocenters. The Bertz CT molecular complexity index is 5260. The van der Waals surface area contributed by atoms with Gasteiger partial charge in [0.25, 0.3) is 0 Å². The molecule has 6 heteroatoms. The molecule has 424 valence electrons. The first-order valence-electron chi connectivity index (χ1n) is 30.5. The highest BCUT2D eigenvalue weighted by Gasteiger charge is 2.39. The Morgan fingerprint density at radius 1 is 0.409 bits per heavy atom. The molecule has 1 aliphatic carbocycles. The highest BCUT2D eigenvalue weighted by Crippen LogP contribution is 2.56. The van der Waals surface area contributed by atoms with Crippen LogP contribution in [0.15, 0.2) is 273 Å². The molecule has 2 heterocycles. The van der Waals surface area contributed by atoms with Crippen LogP contribution in [-0.2, 0) is 0 Å². The van der Waals surface area contributed by atoms with Crippen molar-refractivity contribution in [1.29, 1.82) is 0 Å². The van der Waals surface area contributed by atoms with Gasteiger partial charge in [-0.2, -0.15) is 0 Å². The number of rotatable bonds is 12. The molecule has 0 N–H and O–H groups in total. The van der Waals surface area contributed by atoms with Gasteiger partial charge in [-0.1, -0.05) is 240 Å². The van der Waals surface area contributed by atoms with Crippen molar-refractivity contribution < 1.29 is 4.39 Å². The summed E-state index contributed by atoms with van der Waals surface area (Å²) in [5.74, 6) is -0.271. The second kappa shape index (κ2) is 22.0. The van der Waals surface area contributed by atoms with E-state index in [4.69, 9.17) is 0 Å². The minimum Gasteiger partial charge on any atom is -0.329 e. The SMILES string of the molecule is CC(C)c1cc(N(c2c(I)cc(-c3ccccc3)cc2-c2ccccc2)c2cccc3c2sc2ccccc23)c2ccc3c(C(C)C)cc(N(c4cccc5c4sc4ccccc45)C4C(F)=CC(c5ccccc5)=CC4c4ccccc4)c4ccc1c2c34. The van der Waals surface area contributed by atoms with E-state index in [9.17, 15) is 0 Å². The summed E-state index contributed by atoms with van der Waals surface area (Å²) in [4.78, 5) is 5.04. The molecule has 88 heavy (non-hydrogen) atoms. The lowest BCUT2D eigenvalue weighted by Crippen LogP contribution is -2.38. The molecule has 0 amide bonds. The summed E-state index contributed by atoms with van der Waals surface area (Å²) in [7, 11) is 0. The Balaban J connectivity index is 1.03. The van der Waals surface area contributed by atoms with Gasteiger partial charge in [-0.25, -0.2) is 4.39 Å². The van der Waals surface area contributed by atoms with Crippen molar-refractivity contribution in [3.05, 3.63) is 299 Å². The maximum atomic E-state index is 18.9. The summed E-state index contributed by atoms with van der Waals surface area (Å²) in [6.45, 7) is 9.33. The van der Waals surface area contributed by atoms with Crippen LogP contribution in [0.4, 0.5) is 32.8 Å². The third kappa shape index (κ3) is 8.97. The van der Waals surface area contributed by atoms with Crippen molar-refractivity contribution in [3.63, 3.8) is 0 Å². The van der Waals surface area contributed by atoms with E-state index in [1.54, 1.807) is 17.4 Å². The van der Waals surface area contributed by atoms with E-state index >= 15 is 4.39 Å². The summed E-state index contributed by atoms with van der Waals surface area (Å²) in [5, 5.41) is 12.0. The van der Waals surface area contributed by atoms with Gasteiger partial charge in [-0.15, -0.1) is 22.7 Å². The largest absolute Gasteiger partial charge is 0.329 e. The molecule has 0 fully saturated rings. The molecule has 13 aromatic carbocycles. The van der Waals surface area contributed by atoms with Gasteiger partial charge in [0, 0.05) is 56.8 Å². The smallest absolute Gasteiger partial charge is 0.124 e. The van der Waals surface area contributed by atoms with Crippen LogP contribution in [0.25, 0.3) is 100 Å². The van der Waals surface area contributed by atoms with E-state index in [1.165, 1.54) is 79.4 Å². The minimum atomic E-state index is -0.749. The number of hydrogen-bond acceptors (Lipinski definition) is 4. The lowest BCUT2D eigenvalue weighted by molar-refractivity contribution is 0.503. The van der Waals surface area contributed by atoms with E-state index in [1.807, 2.05) is 29.5 Å². The van der Waals surface area contributed by atoms with Crippen LogP contribution in [-0.4, -0.2) is 6.04 Å². The second-order valence-corrected chi connectivity index (χ2v) is 27.3. The summed E-state index contributed by atoms with van der Waals surface area (Å²) >= 11 is 6.30. The Morgan fingerprint density at radius 3 is 1.48 bits per heavy atom. The molecule has 0 bridgehead atoms. The molecule has 16 rings (SSSR count). The van der Waals surface area contributed by atoms with Gasteiger partial charge in [0.1, 0.15) is 5.83 Å². The second-order valence-electron chi connectivity index (χ2n) is 24.0. The van der Waals surface area contributed by atoms with Crippen LogP contribution in [0, 0.1) is 3.57 Å². The molecule has 1 aliphatic rings. The van der Waals surface area contributed by atoms with Gasteiger partial charge in [0.2, 0.25) is 0 Å². The summed E-state index contributed by atoms with van der Waals surface area (Å²) < 4.78 is 24.8. The predicted octanol–water partition coefficient (Wildman–Crippen LogP) is 25.2. The quantitative estimate of drug-likeness (QED) is 0.0889. The number of halogens is 2. The molecule has 15 aromatic rings. The van der Waals surface area contributed by atoms with Crippen LogP contribution in [0.2, 0.25) is 0 Å². The van der Waals surface area contributed by atoms with Gasteiger partial charge in [0.15, 0.2) is 0 Å². The first-order valence-corrected chi connectivity index (χ1v) is 33.2. The highest BCUT2D eigenvalue weighted by atomic mass is 127. The fourth-order valence-electron chi connectivity index (χ4n) is 14.2. The molecule has 0 saturated heterocycles. The van der Waals surface area contributed by atoms with E-state index < -0.39 is 6.04 Å². The minimum absolute atomic E-state index is 0.121. The lowest BCUT2D eigenvalue weighted by Gasteiger charge is -2.40. The number of anilines is 5. The molecular weight excluding hydrogens is 1220 g/mol. The van der Waals surface area contributed by atoms with Gasteiger partial charge in [-0.3, -0.25) is 0 Å². The molecule has 2 unspecified atom stereocenters. The van der Waals surface area contributed by atoms with Crippen LogP contribution in [0.5, 0.6) is 0 Å². The molecule has 0 aliphatic heterocycles. The van der Waals surface area contributed by atoms with Crippen molar-refractivity contribution in [2.75, 3.05) is 9.80 Å². The van der Waals surface area contributed by atoms with E-state index in [0.29, 0.717) is 0 Å². The Labute approximate surface area is 534 Å². The van der Waals surface area contributed by atoms with Gasteiger partial charge in [-0.05, 0) is 155 Å². The number of thiophene rings is 2. The van der Waals surface area contributed by atoms with Crippen molar-refractivity contribution in [3.8, 4) is 22.3 Å². The van der Waals surface area contributed by atoms with Crippen LogP contribution in [0.3, 0.4) is 0 Å². The average Bonchev–Trinajstić information content (AvgIpc) is 0.783. The maximum absolute atomic E-state index is 18.9. The maximum Gasteiger partial charge on any atom is 0.124 e. The lowest BCUT2D eigenvalue weighted by atomic mass is 9.80. The van der Waals surface area contributed by atoms with Crippen molar-refractivity contribution in [2.45, 2.75) is 51.5 Å².